The highest BCUT2D eigenvalue weighted by atomic mass is 16.3. The van der Waals surface area contributed by atoms with E-state index in [-0.39, 0.29) is 17.7 Å². The molecular formula is C23H31N6O2+. The molecular weight excluding hydrogens is 392 g/mol. The van der Waals surface area contributed by atoms with Crippen LogP contribution in [-0.2, 0) is 0 Å². The van der Waals surface area contributed by atoms with Crippen LogP contribution < -0.4 is 10.5 Å². The number of rotatable bonds is 4. The van der Waals surface area contributed by atoms with E-state index in [2.05, 4.69) is 33.5 Å². The molecule has 1 aliphatic carbocycles. The molecule has 2 aliphatic rings. The predicted octanol–water partition coefficient (Wildman–Crippen LogP) is 1.38. The maximum absolute atomic E-state index is 13.3. The number of quaternary nitrogens is 1. The van der Waals surface area contributed by atoms with Crippen molar-refractivity contribution in [1.82, 2.24) is 25.2 Å². The van der Waals surface area contributed by atoms with Crippen LogP contribution in [0, 0.1) is 13.8 Å². The van der Waals surface area contributed by atoms with Crippen molar-refractivity contribution in [2.75, 3.05) is 13.1 Å². The molecule has 3 heterocycles. The first kappa shape index (κ1) is 20.3. The number of hydrogen-bond acceptors (Lipinski definition) is 5. The Morgan fingerprint density at radius 1 is 1.13 bits per heavy atom. The number of tetrazole rings is 1. The minimum Gasteiger partial charge on any atom is -0.393 e. The zero-order valence-electron chi connectivity index (χ0n) is 18.3. The largest absolute Gasteiger partial charge is 0.393 e. The molecule has 1 saturated carbocycles. The van der Waals surface area contributed by atoms with Crippen molar-refractivity contribution in [3.63, 3.8) is 0 Å². The maximum atomic E-state index is 13.3. The Balaban J connectivity index is 1.66. The van der Waals surface area contributed by atoms with Gasteiger partial charge in [-0.3, -0.25) is 4.79 Å². The average molecular weight is 424 g/mol. The van der Waals surface area contributed by atoms with Gasteiger partial charge in [-0.25, -0.2) is 4.68 Å². The van der Waals surface area contributed by atoms with Crippen molar-refractivity contribution in [1.29, 1.82) is 0 Å². The molecule has 164 valence electrons. The van der Waals surface area contributed by atoms with Crippen LogP contribution in [0.4, 0.5) is 0 Å². The van der Waals surface area contributed by atoms with Gasteiger partial charge in [0.25, 0.3) is 5.56 Å². The molecule has 0 radical (unpaired) electrons. The number of hydrogen-bond donors (Lipinski definition) is 3. The molecule has 0 amide bonds. The van der Waals surface area contributed by atoms with Crippen molar-refractivity contribution < 1.29 is 10.0 Å². The normalized spacial score (nSPS) is 23.5. The summed E-state index contributed by atoms with van der Waals surface area (Å²) in [6.07, 6.45) is 5.70. The van der Waals surface area contributed by atoms with E-state index in [9.17, 15) is 9.90 Å². The highest BCUT2D eigenvalue weighted by molar-refractivity contribution is 5.83. The molecule has 2 aromatic heterocycles. The summed E-state index contributed by atoms with van der Waals surface area (Å²) in [6, 6.07) is 6.25. The number of pyridine rings is 1. The molecule has 2 fully saturated rings. The van der Waals surface area contributed by atoms with Gasteiger partial charge in [0.2, 0.25) is 5.82 Å². The standard InChI is InChI=1S/C23H30N6O2/c1-14-11-15(2)18-13-19(23(31)24-20(18)12-14)21(28-9-7-17(30)8-10-28)22-25-26-27-29(22)16-5-3-4-6-16/h11-13,16-17,21,30H,3-10H2,1-2H3,(H,24,31)/p+1/t21-/m1/s1. The van der Waals surface area contributed by atoms with Crippen LogP contribution in [0.1, 0.15) is 73.1 Å². The summed E-state index contributed by atoms with van der Waals surface area (Å²) in [4.78, 5) is 17.7. The molecule has 1 aliphatic heterocycles. The summed E-state index contributed by atoms with van der Waals surface area (Å²) in [5, 5.41) is 24.0. The quantitative estimate of drug-likeness (QED) is 0.589. The lowest BCUT2D eigenvalue weighted by molar-refractivity contribution is -0.932. The number of aromatic nitrogens is 5. The molecule has 5 rings (SSSR count). The first-order chi connectivity index (χ1) is 15.0. The van der Waals surface area contributed by atoms with E-state index >= 15 is 0 Å². The molecule has 8 nitrogen and oxygen atoms in total. The zero-order chi connectivity index (χ0) is 21.5. The number of fused-ring (bicyclic) bond motifs is 1. The Hall–Kier alpha value is -2.58. The SMILES string of the molecule is Cc1cc(C)c2cc([C@H](c3nnnn3C3CCCC3)[NH+]3CCC(O)CC3)c(=O)[nH]c2c1. The Bertz CT molecular complexity index is 1140. The van der Waals surface area contributed by atoms with Crippen LogP contribution in [0.3, 0.4) is 0 Å². The summed E-state index contributed by atoms with van der Waals surface area (Å²) in [6.45, 7) is 5.70. The van der Waals surface area contributed by atoms with Gasteiger partial charge >= 0.3 is 0 Å². The van der Waals surface area contributed by atoms with Crippen LogP contribution in [0.15, 0.2) is 23.0 Å². The number of piperidine rings is 1. The van der Waals surface area contributed by atoms with Crippen LogP contribution >= 0.6 is 0 Å². The lowest BCUT2D eigenvalue weighted by atomic mass is 9.97. The van der Waals surface area contributed by atoms with E-state index in [4.69, 9.17) is 0 Å². The monoisotopic (exact) mass is 423 g/mol. The van der Waals surface area contributed by atoms with E-state index in [0.717, 1.165) is 66.6 Å². The molecule has 0 spiro atoms. The lowest BCUT2D eigenvalue weighted by Gasteiger charge is -2.33. The molecule has 31 heavy (non-hydrogen) atoms. The summed E-state index contributed by atoms with van der Waals surface area (Å²) >= 11 is 0. The van der Waals surface area contributed by atoms with Crippen molar-refractivity contribution >= 4 is 10.9 Å². The first-order valence-corrected chi connectivity index (χ1v) is 11.5. The molecule has 0 unspecified atom stereocenters. The van der Waals surface area contributed by atoms with Gasteiger partial charge in [0.1, 0.15) is 0 Å². The molecule has 1 saturated heterocycles. The van der Waals surface area contributed by atoms with Crippen molar-refractivity contribution in [2.45, 2.75) is 70.6 Å². The summed E-state index contributed by atoms with van der Waals surface area (Å²) < 4.78 is 1.97. The molecule has 1 atom stereocenters. The fourth-order valence-corrected chi connectivity index (χ4v) is 5.51. The Labute approximate surface area is 181 Å². The minimum absolute atomic E-state index is 0.0814. The van der Waals surface area contributed by atoms with Crippen LogP contribution in [0.25, 0.3) is 10.9 Å². The second-order valence-electron chi connectivity index (χ2n) is 9.34. The topological polar surface area (TPSA) is 101 Å². The van der Waals surface area contributed by atoms with Gasteiger partial charge < -0.3 is 15.0 Å². The fourth-order valence-electron chi connectivity index (χ4n) is 5.51. The van der Waals surface area contributed by atoms with E-state index in [1.807, 2.05) is 23.7 Å². The third kappa shape index (κ3) is 3.78. The molecule has 3 aromatic rings. The van der Waals surface area contributed by atoms with Crippen LogP contribution in [-0.4, -0.2) is 49.5 Å². The highest BCUT2D eigenvalue weighted by Gasteiger charge is 2.38. The van der Waals surface area contributed by atoms with Gasteiger partial charge in [-0.05, 0) is 60.4 Å². The summed E-state index contributed by atoms with van der Waals surface area (Å²) in [5.74, 6) is 0.771. The number of nitrogens with one attached hydrogen (secondary N) is 2. The number of aryl methyl sites for hydroxylation is 2. The zero-order valence-corrected chi connectivity index (χ0v) is 18.3. The Kier molecular flexibility index (Phi) is 5.35. The number of benzene rings is 1. The Morgan fingerprint density at radius 2 is 1.87 bits per heavy atom. The summed E-state index contributed by atoms with van der Waals surface area (Å²) in [7, 11) is 0. The number of aliphatic hydroxyl groups excluding tert-OH is 1. The first-order valence-electron chi connectivity index (χ1n) is 11.5. The van der Waals surface area contributed by atoms with Gasteiger partial charge in [-0.1, -0.05) is 18.9 Å². The molecule has 0 bridgehead atoms. The predicted molar refractivity (Wildman–Crippen MR) is 117 cm³/mol. The maximum Gasteiger partial charge on any atom is 0.258 e. The van der Waals surface area contributed by atoms with Crippen molar-refractivity contribution in [3.8, 4) is 0 Å². The van der Waals surface area contributed by atoms with Crippen molar-refractivity contribution in [2.24, 2.45) is 0 Å². The molecule has 3 N–H and O–H groups in total. The lowest BCUT2D eigenvalue weighted by Crippen LogP contribution is -3.14. The third-order valence-electron chi connectivity index (χ3n) is 7.11. The number of aromatic amines is 1. The molecule has 1 aromatic carbocycles. The average Bonchev–Trinajstić information content (AvgIpc) is 3.42. The number of H-pyrrole nitrogens is 1. The fraction of sp³-hybridized carbons (Fsp3) is 0.565. The second-order valence-corrected chi connectivity index (χ2v) is 9.34. The van der Waals surface area contributed by atoms with Crippen molar-refractivity contribution in [3.05, 3.63) is 51.1 Å². The summed E-state index contributed by atoms with van der Waals surface area (Å²) in [5.41, 5.74) is 3.77. The smallest absolute Gasteiger partial charge is 0.258 e. The van der Waals surface area contributed by atoms with E-state index in [0.29, 0.717) is 11.6 Å². The number of nitrogens with zero attached hydrogens (tertiary/aromatic N) is 4. The number of aliphatic hydroxyl groups is 1. The molecule has 8 heteroatoms. The van der Waals surface area contributed by atoms with Gasteiger partial charge in [0.05, 0.1) is 30.8 Å². The Morgan fingerprint density at radius 3 is 2.61 bits per heavy atom. The number of likely N-dealkylation sites (tertiary alicyclic amines) is 1. The van der Waals surface area contributed by atoms with E-state index in [1.54, 1.807) is 0 Å². The van der Waals surface area contributed by atoms with Gasteiger partial charge in [0.15, 0.2) is 6.04 Å². The van der Waals surface area contributed by atoms with Crippen LogP contribution in [0.2, 0.25) is 0 Å². The highest BCUT2D eigenvalue weighted by Crippen LogP contribution is 2.31. The van der Waals surface area contributed by atoms with E-state index < -0.39 is 0 Å². The van der Waals surface area contributed by atoms with Gasteiger partial charge in [-0.2, -0.15) is 0 Å². The van der Waals surface area contributed by atoms with Crippen LogP contribution in [0.5, 0.6) is 0 Å². The van der Waals surface area contributed by atoms with Gasteiger partial charge in [0, 0.05) is 23.7 Å². The third-order valence-corrected chi connectivity index (χ3v) is 7.11. The van der Waals surface area contributed by atoms with Gasteiger partial charge in [-0.15, -0.1) is 5.10 Å². The second kappa shape index (κ2) is 8.16. The van der Waals surface area contributed by atoms with E-state index in [1.165, 1.54) is 17.7 Å². The minimum atomic E-state index is -0.268.